The number of hydrogen-bond donors (Lipinski definition) is 1. The van der Waals surface area contributed by atoms with Gasteiger partial charge < -0.3 is 10.2 Å². The highest BCUT2D eigenvalue weighted by molar-refractivity contribution is 5.85. The highest BCUT2D eigenvalue weighted by atomic mass is 35.5. The Kier molecular flexibility index (Phi) is 7.71. The average molecular weight is 396 g/mol. The van der Waals surface area contributed by atoms with E-state index >= 15 is 0 Å². The van der Waals surface area contributed by atoms with Crippen LogP contribution in [0.3, 0.4) is 0 Å². The van der Waals surface area contributed by atoms with Crippen molar-refractivity contribution in [2.75, 3.05) is 39.8 Å². The number of rotatable bonds is 5. The molecule has 1 heterocycles. The molecule has 146 valence electrons. The monoisotopic (exact) mass is 395 g/mol. The van der Waals surface area contributed by atoms with Gasteiger partial charge in [0.25, 0.3) is 0 Å². The van der Waals surface area contributed by atoms with E-state index in [4.69, 9.17) is 0 Å². The van der Waals surface area contributed by atoms with Crippen molar-refractivity contribution in [2.24, 2.45) is 0 Å². The molecule has 0 radical (unpaired) electrons. The fourth-order valence-electron chi connectivity index (χ4n) is 3.40. The lowest BCUT2D eigenvalue weighted by Crippen LogP contribution is -2.51. The Hall–Kier alpha value is -2.02. The van der Waals surface area contributed by atoms with Crippen LogP contribution in [0.15, 0.2) is 48.5 Å². The van der Waals surface area contributed by atoms with Crippen LogP contribution in [-0.2, 0) is 4.79 Å². The molecule has 0 aromatic heterocycles. The number of halogens is 3. The van der Waals surface area contributed by atoms with E-state index < -0.39 is 0 Å². The largest absolute Gasteiger partial charge is 0.339 e. The van der Waals surface area contributed by atoms with E-state index in [1.54, 1.807) is 31.3 Å². The zero-order valence-electron chi connectivity index (χ0n) is 15.2. The smallest absolute Gasteiger partial charge is 0.236 e. The molecule has 0 saturated carbocycles. The molecule has 2 aromatic carbocycles. The maximum absolute atomic E-state index is 13.3. The second-order valence-corrected chi connectivity index (χ2v) is 6.45. The van der Waals surface area contributed by atoms with Gasteiger partial charge >= 0.3 is 0 Å². The molecule has 1 amide bonds. The fourth-order valence-corrected chi connectivity index (χ4v) is 3.40. The van der Waals surface area contributed by atoms with Gasteiger partial charge in [-0.05, 0) is 42.4 Å². The van der Waals surface area contributed by atoms with Crippen molar-refractivity contribution < 1.29 is 13.6 Å². The normalized spacial score (nSPS) is 14.9. The van der Waals surface area contributed by atoms with Gasteiger partial charge in [0.05, 0.1) is 12.6 Å². The molecule has 0 unspecified atom stereocenters. The molecule has 0 spiro atoms. The third-order valence-corrected chi connectivity index (χ3v) is 4.73. The first-order valence-electron chi connectivity index (χ1n) is 8.76. The lowest BCUT2D eigenvalue weighted by molar-refractivity contribution is -0.132. The van der Waals surface area contributed by atoms with Crippen molar-refractivity contribution in [2.45, 2.75) is 6.04 Å². The molecule has 1 aliphatic rings. The minimum Gasteiger partial charge on any atom is -0.339 e. The van der Waals surface area contributed by atoms with E-state index in [-0.39, 0.29) is 36.0 Å². The van der Waals surface area contributed by atoms with Gasteiger partial charge in [-0.1, -0.05) is 24.3 Å². The molecule has 0 aliphatic carbocycles. The zero-order chi connectivity index (χ0) is 18.5. The van der Waals surface area contributed by atoms with E-state index in [9.17, 15) is 13.6 Å². The number of carbonyl (C=O) groups excluding carboxylic acids is 1. The molecule has 4 nitrogen and oxygen atoms in total. The molecule has 27 heavy (non-hydrogen) atoms. The van der Waals surface area contributed by atoms with E-state index in [1.165, 1.54) is 24.3 Å². The van der Waals surface area contributed by atoms with E-state index in [1.807, 2.05) is 4.90 Å². The lowest BCUT2D eigenvalue weighted by atomic mass is 9.96. The minimum absolute atomic E-state index is 0. The Morgan fingerprint density at radius 1 is 0.926 bits per heavy atom. The number of amides is 1. The summed E-state index contributed by atoms with van der Waals surface area (Å²) in [6, 6.07) is 12.7. The number of piperazine rings is 1. The molecule has 1 N–H and O–H groups in total. The van der Waals surface area contributed by atoms with Gasteiger partial charge in [0.2, 0.25) is 5.91 Å². The van der Waals surface area contributed by atoms with Gasteiger partial charge in [0.1, 0.15) is 11.6 Å². The van der Waals surface area contributed by atoms with E-state index in [2.05, 4.69) is 10.2 Å². The van der Waals surface area contributed by atoms with Crippen molar-refractivity contribution in [3.05, 3.63) is 71.3 Å². The van der Waals surface area contributed by atoms with Crippen LogP contribution in [0, 0.1) is 11.6 Å². The lowest BCUT2D eigenvalue weighted by Gasteiger charge is -2.39. The third-order valence-electron chi connectivity index (χ3n) is 4.73. The second kappa shape index (κ2) is 9.78. The highest BCUT2D eigenvalue weighted by Crippen LogP contribution is 2.30. The molecular formula is C20H24ClF2N3O. The molecule has 2 aromatic rings. The van der Waals surface area contributed by atoms with Crippen molar-refractivity contribution in [3.8, 4) is 0 Å². The molecule has 1 fully saturated rings. The van der Waals surface area contributed by atoms with Gasteiger partial charge in [-0.2, -0.15) is 0 Å². The van der Waals surface area contributed by atoms with Crippen molar-refractivity contribution in [3.63, 3.8) is 0 Å². The molecule has 1 saturated heterocycles. The first-order chi connectivity index (χ1) is 12.6. The topological polar surface area (TPSA) is 35.6 Å². The molecule has 1 aliphatic heterocycles. The Labute approximate surface area is 164 Å². The quantitative estimate of drug-likeness (QED) is 0.845. The summed E-state index contributed by atoms with van der Waals surface area (Å²) in [6.45, 7) is 3.02. The number of nitrogens with one attached hydrogen (secondary N) is 1. The highest BCUT2D eigenvalue weighted by Gasteiger charge is 2.28. The van der Waals surface area contributed by atoms with E-state index in [0.717, 1.165) is 11.1 Å². The summed E-state index contributed by atoms with van der Waals surface area (Å²) < 4.78 is 26.7. The molecule has 3 rings (SSSR count). The zero-order valence-corrected chi connectivity index (χ0v) is 16.0. The Morgan fingerprint density at radius 3 is 1.78 bits per heavy atom. The Morgan fingerprint density at radius 2 is 1.37 bits per heavy atom. The summed E-state index contributed by atoms with van der Waals surface area (Å²) in [4.78, 5) is 16.2. The second-order valence-electron chi connectivity index (χ2n) is 6.45. The minimum atomic E-state index is -0.283. The van der Waals surface area contributed by atoms with Crippen molar-refractivity contribution in [1.29, 1.82) is 0 Å². The summed E-state index contributed by atoms with van der Waals surface area (Å²) in [7, 11) is 1.76. The first kappa shape index (κ1) is 21.3. The van der Waals surface area contributed by atoms with Crippen LogP contribution < -0.4 is 5.32 Å². The first-order valence-corrected chi connectivity index (χ1v) is 8.76. The van der Waals surface area contributed by atoms with Gasteiger partial charge in [0, 0.05) is 26.2 Å². The Balaban J connectivity index is 0.00000261. The summed E-state index contributed by atoms with van der Waals surface area (Å²) in [5.41, 5.74) is 1.90. The number of nitrogens with zero attached hydrogens (tertiary/aromatic N) is 2. The average Bonchev–Trinajstić information content (AvgIpc) is 2.66. The number of likely N-dealkylation sites (N-methyl/N-ethyl adjacent to an activating group) is 1. The number of carbonyl (C=O) groups is 1. The third kappa shape index (κ3) is 5.25. The van der Waals surface area contributed by atoms with Gasteiger partial charge in [-0.25, -0.2) is 8.78 Å². The van der Waals surface area contributed by atoms with Crippen LogP contribution in [0.5, 0.6) is 0 Å². The van der Waals surface area contributed by atoms with Crippen LogP contribution in [0.25, 0.3) is 0 Å². The van der Waals surface area contributed by atoms with Crippen molar-refractivity contribution in [1.82, 2.24) is 15.1 Å². The summed E-state index contributed by atoms with van der Waals surface area (Å²) >= 11 is 0. The van der Waals surface area contributed by atoms with Crippen LogP contribution in [0.2, 0.25) is 0 Å². The summed E-state index contributed by atoms with van der Waals surface area (Å²) in [6.07, 6.45) is 0. The standard InChI is InChI=1S/C20H23F2N3O.ClH/c1-23-14-19(26)24-10-12-25(13-11-24)20(15-2-6-17(21)7-3-15)16-4-8-18(22)9-5-16;/h2-9,20,23H,10-14H2,1H3;1H. The van der Waals surface area contributed by atoms with Crippen LogP contribution in [0.1, 0.15) is 17.2 Å². The summed E-state index contributed by atoms with van der Waals surface area (Å²) in [5.74, 6) is -0.476. The fraction of sp³-hybridized carbons (Fsp3) is 0.350. The molecule has 0 atom stereocenters. The molecule has 7 heteroatoms. The van der Waals surface area contributed by atoms with Crippen LogP contribution >= 0.6 is 12.4 Å². The SMILES string of the molecule is CNCC(=O)N1CCN(C(c2ccc(F)cc2)c2ccc(F)cc2)CC1.Cl. The predicted octanol–water partition coefficient (Wildman–Crippen LogP) is 2.84. The van der Waals surface area contributed by atoms with Gasteiger partial charge in [-0.3, -0.25) is 9.69 Å². The molecule has 0 bridgehead atoms. The van der Waals surface area contributed by atoms with Crippen LogP contribution in [0.4, 0.5) is 8.78 Å². The Bertz CT molecular complexity index is 686. The van der Waals surface area contributed by atoms with Gasteiger partial charge in [-0.15, -0.1) is 12.4 Å². The van der Waals surface area contributed by atoms with Crippen molar-refractivity contribution >= 4 is 18.3 Å². The number of hydrogen-bond acceptors (Lipinski definition) is 3. The summed E-state index contributed by atoms with van der Waals surface area (Å²) in [5, 5.41) is 2.89. The number of benzene rings is 2. The van der Waals surface area contributed by atoms with Crippen LogP contribution in [-0.4, -0.2) is 55.5 Å². The van der Waals surface area contributed by atoms with E-state index in [0.29, 0.717) is 32.7 Å². The maximum atomic E-state index is 13.3. The predicted molar refractivity (Wildman–Crippen MR) is 104 cm³/mol. The maximum Gasteiger partial charge on any atom is 0.236 e. The molecular weight excluding hydrogens is 372 g/mol. The van der Waals surface area contributed by atoms with Gasteiger partial charge in [0.15, 0.2) is 0 Å².